The Balaban J connectivity index is 4.02. The second-order valence-corrected chi connectivity index (χ2v) is 11.1. The van der Waals surface area contributed by atoms with E-state index in [4.69, 9.17) is 0 Å². The van der Waals surface area contributed by atoms with E-state index in [0.29, 0.717) is 0 Å². The number of rotatable bonds is 9. The molecule has 0 saturated heterocycles. The smallest absolute Gasteiger partial charge is 0.0720 e. The molecule has 0 nitrogen and oxygen atoms in total. The fourth-order valence-electron chi connectivity index (χ4n) is 2.00. The van der Waals surface area contributed by atoms with E-state index in [9.17, 15) is 0 Å². The maximum absolute atomic E-state index is 2.58. The van der Waals surface area contributed by atoms with E-state index in [1.807, 2.05) is 5.20 Å². The molecule has 0 aliphatic rings. The fourth-order valence-corrected chi connectivity index (χ4v) is 3.68. The first-order chi connectivity index (χ1) is 7.52. The summed E-state index contributed by atoms with van der Waals surface area (Å²) in [5.41, 5.74) is 0. The summed E-state index contributed by atoms with van der Waals surface area (Å²) in [7, 11) is -1.03. The number of hydrogen-bond acceptors (Lipinski definition) is 0. The SMILES string of the molecule is CCCCCC/C=C(/CCCC)[Si](C)(C)C. The molecule has 96 valence electrons. The molecular formula is C15H32Si. The highest BCUT2D eigenvalue weighted by Gasteiger charge is 2.18. The van der Waals surface area contributed by atoms with Crippen molar-refractivity contribution in [3.05, 3.63) is 11.3 Å². The highest BCUT2D eigenvalue weighted by Crippen LogP contribution is 2.21. The van der Waals surface area contributed by atoms with Crippen LogP contribution in [0.5, 0.6) is 0 Å². The molecule has 0 aromatic rings. The van der Waals surface area contributed by atoms with E-state index in [0.717, 1.165) is 0 Å². The van der Waals surface area contributed by atoms with Crippen LogP contribution in [0.2, 0.25) is 19.6 Å². The van der Waals surface area contributed by atoms with Gasteiger partial charge in [0.2, 0.25) is 0 Å². The van der Waals surface area contributed by atoms with E-state index in [1.165, 1.54) is 51.4 Å². The van der Waals surface area contributed by atoms with Gasteiger partial charge in [0.15, 0.2) is 0 Å². The molecule has 0 aromatic heterocycles. The van der Waals surface area contributed by atoms with Crippen LogP contribution in [-0.2, 0) is 0 Å². The zero-order valence-electron chi connectivity index (χ0n) is 12.2. The van der Waals surface area contributed by atoms with E-state index >= 15 is 0 Å². The third-order valence-corrected chi connectivity index (χ3v) is 5.59. The molecular weight excluding hydrogens is 208 g/mol. The maximum atomic E-state index is 2.58. The molecule has 0 rings (SSSR count). The molecule has 0 aliphatic carbocycles. The van der Waals surface area contributed by atoms with E-state index < -0.39 is 8.07 Å². The van der Waals surface area contributed by atoms with Gasteiger partial charge in [-0.25, -0.2) is 0 Å². The highest BCUT2D eigenvalue weighted by molar-refractivity contribution is 6.83. The molecule has 16 heavy (non-hydrogen) atoms. The van der Waals surface area contributed by atoms with Crippen LogP contribution in [0.4, 0.5) is 0 Å². The van der Waals surface area contributed by atoms with Gasteiger partial charge in [-0.05, 0) is 19.3 Å². The van der Waals surface area contributed by atoms with Gasteiger partial charge in [0, 0.05) is 0 Å². The quantitative estimate of drug-likeness (QED) is 0.345. The number of allylic oxidation sites excluding steroid dienone is 2. The lowest BCUT2D eigenvalue weighted by Gasteiger charge is -2.21. The van der Waals surface area contributed by atoms with Gasteiger partial charge >= 0.3 is 0 Å². The Hall–Kier alpha value is -0.0431. The summed E-state index contributed by atoms with van der Waals surface area (Å²) in [6.45, 7) is 12.0. The second kappa shape index (κ2) is 9.04. The molecule has 0 unspecified atom stereocenters. The van der Waals surface area contributed by atoms with Gasteiger partial charge in [-0.3, -0.25) is 0 Å². The van der Waals surface area contributed by atoms with Crippen LogP contribution in [0.25, 0.3) is 0 Å². The van der Waals surface area contributed by atoms with Crippen molar-refractivity contribution in [3.8, 4) is 0 Å². The Morgan fingerprint density at radius 3 is 2.00 bits per heavy atom. The number of unbranched alkanes of at least 4 members (excludes halogenated alkanes) is 5. The zero-order valence-corrected chi connectivity index (χ0v) is 13.2. The van der Waals surface area contributed by atoms with E-state index in [1.54, 1.807) is 0 Å². The lowest BCUT2D eigenvalue weighted by atomic mass is 10.1. The van der Waals surface area contributed by atoms with Gasteiger partial charge in [0.1, 0.15) is 0 Å². The van der Waals surface area contributed by atoms with Gasteiger partial charge in [0.25, 0.3) is 0 Å². The highest BCUT2D eigenvalue weighted by atomic mass is 28.3. The minimum Gasteiger partial charge on any atom is -0.0892 e. The summed E-state index contributed by atoms with van der Waals surface area (Å²) in [6.07, 6.45) is 13.5. The summed E-state index contributed by atoms with van der Waals surface area (Å²) in [6, 6.07) is 0. The van der Waals surface area contributed by atoms with Crippen LogP contribution in [0.15, 0.2) is 11.3 Å². The lowest BCUT2D eigenvalue weighted by Crippen LogP contribution is -2.24. The van der Waals surface area contributed by atoms with E-state index in [-0.39, 0.29) is 0 Å². The molecule has 0 heterocycles. The van der Waals surface area contributed by atoms with Gasteiger partial charge in [-0.2, -0.15) is 0 Å². The molecule has 0 aromatic carbocycles. The molecule has 0 fully saturated rings. The third kappa shape index (κ3) is 8.15. The maximum Gasteiger partial charge on any atom is 0.0720 e. The van der Waals surface area contributed by atoms with Crippen molar-refractivity contribution < 1.29 is 0 Å². The Morgan fingerprint density at radius 1 is 0.875 bits per heavy atom. The van der Waals surface area contributed by atoms with Gasteiger partial charge in [-0.1, -0.05) is 76.9 Å². The standard InChI is InChI=1S/C15H32Si/c1-6-8-10-11-12-14-15(13-9-7-2)16(3,4)5/h14H,6-13H2,1-5H3/b15-14-. The molecule has 1 heteroatoms. The summed E-state index contributed by atoms with van der Waals surface area (Å²) in [5.74, 6) is 0. The van der Waals surface area contributed by atoms with Gasteiger partial charge < -0.3 is 0 Å². The van der Waals surface area contributed by atoms with Gasteiger partial charge in [-0.15, -0.1) is 0 Å². The van der Waals surface area contributed by atoms with Crippen molar-refractivity contribution >= 4 is 8.07 Å². The van der Waals surface area contributed by atoms with Crippen LogP contribution in [-0.4, -0.2) is 8.07 Å². The second-order valence-electron chi connectivity index (χ2n) is 5.93. The molecule has 0 atom stereocenters. The topological polar surface area (TPSA) is 0 Å². The summed E-state index contributed by atoms with van der Waals surface area (Å²) in [4.78, 5) is 0. The van der Waals surface area contributed by atoms with Crippen LogP contribution >= 0.6 is 0 Å². The molecule has 0 aliphatic heterocycles. The Morgan fingerprint density at radius 2 is 1.50 bits per heavy atom. The molecule has 0 radical (unpaired) electrons. The Labute approximate surface area is 105 Å². The first kappa shape index (κ1) is 16.0. The third-order valence-electron chi connectivity index (χ3n) is 3.21. The van der Waals surface area contributed by atoms with Crippen LogP contribution in [0.1, 0.15) is 65.2 Å². The normalized spacial score (nSPS) is 13.2. The monoisotopic (exact) mass is 240 g/mol. The summed E-state index contributed by atoms with van der Waals surface area (Å²) >= 11 is 0. The average Bonchev–Trinajstić information content (AvgIpc) is 2.20. The van der Waals surface area contributed by atoms with Crippen LogP contribution < -0.4 is 0 Å². The van der Waals surface area contributed by atoms with Crippen molar-refractivity contribution in [1.29, 1.82) is 0 Å². The van der Waals surface area contributed by atoms with Crippen molar-refractivity contribution in [2.24, 2.45) is 0 Å². The lowest BCUT2D eigenvalue weighted by molar-refractivity contribution is 0.672. The summed E-state index contributed by atoms with van der Waals surface area (Å²) in [5, 5.41) is 1.81. The first-order valence-corrected chi connectivity index (χ1v) is 10.7. The minimum atomic E-state index is -1.03. The first-order valence-electron chi connectivity index (χ1n) is 7.21. The van der Waals surface area contributed by atoms with Gasteiger partial charge in [0.05, 0.1) is 8.07 Å². The Kier molecular flexibility index (Phi) is 9.01. The van der Waals surface area contributed by atoms with E-state index in [2.05, 4.69) is 39.6 Å². The van der Waals surface area contributed by atoms with Crippen LogP contribution in [0, 0.1) is 0 Å². The van der Waals surface area contributed by atoms with Crippen molar-refractivity contribution in [1.82, 2.24) is 0 Å². The fraction of sp³-hybridized carbons (Fsp3) is 0.867. The Bertz CT molecular complexity index is 186. The van der Waals surface area contributed by atoms with Crippen molar-refractivity contribution in [2.45, 2.75) is 84.9 Å². The summed E-state index contributed by atoms with van der Waals surface area (Å²) < 4.78 is 0. The predicted molar refractivity (Wildman–Crippen MR) is 79.7 cm³/mol. The number of hydrogen-bond donors (Lipinski definition) is 0. The molecule has 0 bridgehead atoms. The molecule has 0 amide bonds. The predicted octanol–water partition coefficient (Wildman–Crippen LogP) is 5.95. The molecule has 0 spiro atoms. The zero-order chi connectivity index (χ0) is 12.4. The molecule has 0 N–H and O–H groups in total. The largest absolute Gasteiger partial charge is 0.0892 e. The minimum absolute atomic E-state index is 1.03. The van der Waals surface area contributed by atoms with Crippen molar-refractivity contribution in [3.63, 3.8) is 0 Å². The van der Waals surface area contributed by atoms with Crippen LogP contribution in [0.3, 0.4) is 0 Å². The van der Waals surface area contributed by atoms with Crippen molar-refractivity contribution in [2.75, 3.05) is 0 Å². The molecule has 0 saturated carbocycles. The average molecular weight is 241 g/mol.